The summed E-state index contributed by atoms with van der Waals surface area (Å²) in [5.74, 6) is 1.51. The van der Waals surface area contributed by atoms with Crippen molar-refractivity contribution in [2.45, 2.75) is 38.5 Å². The molecule has 2 aromatic carbocycles. The van der Waals surface area contributed by atoms with E-state index in [1.807, 2.05) is 0 Å². The molecule has 1 aliphatic rings. The van der Waals surface area contributed by atoms with E-state index in [-0.39, 0.29) is 12.4 Å². The summed E-state index contributed by atoms with van der Waals surface area (Å²) in [6, 6.07) is 14.7. The molecule has 0 fully saturated rings. The quantitative estimate of drug-likeness (QED) is 0.266. The second-order valence-electron chi connectivity index (χ2n) is 8.14. The molecule has 0 spiro atoms. The van der Waals surface area contributed by atoms with Crippen molar-refractivity contribution in [1.82, 2.24) is 4.98 Å². The Balaban J connectivity index is 0.00000324. The van der Waals surface area contributed by atoms with Crippen molar-refractivity contribution in [3.63, 3.8) is 0 Å². The summed E-state index contributed by atoms with van der Waals surface area (Å²) in [6.07, 6.45) is 9.03. The van der Waals surface area contributed by atoms with Crippen molar-refractivity contribution >= 4 is 41.3 Å². The molecule has 2 heterocycles. The molecular weight excluding hydrogens is 491 g/mol. The van der Waals surface area contributed by atoms with Gasteiger partial charge in [-0.2, -0.15) is 0 Å². The van der Waals surface area contributed by atoms with E-state index in [9.17, 15) is 0 Å². The van der Waals surface area contributed by atoms with E-state index in [0.29, 0.717) is 23.1 Å². The molecule has 4 nitrogen and oxygen atoms in total. The smallest absolute Gasteiger partial charge is 0.161 e. The number of hydrogen-bond donors (Lipinski definition) is 0. The van der Waals surface area contributed by atoms with Crippen molar-refractivity contribution in [3.05, 3.63) is 87.2 Å². The molecule has 0 aliphatic carbocycles. The van der Waals surface area contributed by atoms with Crippen molar-refractivity contribution in [1.29, 1.82) is 0 Å². The van der Waals surface area contributed by atoms with Gasteiger partial charge in [-0.15, -0.1) is 12.4 Å². The van der Waals surface area contributed by atoms with Gasteiger partial charge in [-0.3, -0.25) is 9.98 Å². The summed E-state index contributed by atoms with van der Waals surface area (Å²) >= 11 is 12.7. The number of fused-ring (bicyclic) bond motifs is 1. The maximum absolute atomic E-state index is 6.36. The van der Waals surface area contributed by atoms with Gasteiger partial charge in [0.15, 0.2) is 11.5 Å². The Morgan fingerprint density at radius 3 is 2.44 bits per heavy atom. The SMILES string of the molecule is COc1cc2c(cc1OCCCCCc1ccccc1)C(Cc1c(Cl)cncc1Cl)=NCC2.Cl. The lowest BCUT2D eigenvalue weighted by Crippen LogP contribution is -2.16. The number of ether oxygens (including phenoxy) is 2. The molecule has 0 N–H and O–H groups in total. The number of rotatable bonds is 10. The summed E-state index contributed by atoms with van der Waals surface area (Å²) in [4.78, 5) is 8.83. The van der Waals surface area contributed by atoms with Gasteiger partial charge in [-0.1, -0.05) is 53.5 Å². The van der Waals surface area contributed by atoms with E-state index >= 15 is 0 Å². The zero-order chi connectivity index (χ0) is 23.0. The van der Waals surface area contributed by atoms with E-state index in [1.165, 1.54) is 11.1 Å². The van der Waals surface area contributed by atoms with Crippen molar-refractivity contribution in [2.24, 2.45) is 4.99 Å². The average molecular weight is 520 g/mol. The van der Waals surface area contributed by atoms with Crippen molar-refractivity contribution in [2.75, 3.05) is 20.3 Å². The molecule has 0 unspecified atom stereocenters. The molecular formula is C27H29Cl3N2O2. The molecule has 0 radical (unpaired) electrons. The van der Waals surface area contributed by atoms with Crippen LogP contribution >= 0.6 is 35.6 Å². The molecule has 180 valence electrons. The summed E-state index contributed by atoms with van der Waals surface area (Å²) in [5, 5.41) is 1.11. The Morgan fingerprint density at radius 1 is 0.941 bits per heavy atom. The first-order valence-electron chi connectivity index (χ1n) is 11.3. The fourth-order valence-corrected chi connectivity index (χ4v) is 4.60. The number of pyridine rings is 1. The third kappa shape index (κ3) is 6.65. The maximum atomic E-state index is 6.36. The highest BCUT2D eigenvalue weighted by atomic mass is 35.5. The van der Waals surface area contributed by atoms with Crippen LogP contribution in [0.4, 0.5) is 0 Å². The van der Waals surface area contributed by atoms with Gasteiger partial charge in [0.25, 0.3) is 0 Å². The lowest BCUT2D eigenvalue weighted by atomic mass is 9.93. The third-order valence-electron chi connectivity index (χ3n) is 5.89. The standard InChI is InChI=1S/C27H28Cl2N2O2.ClH/c1-32-26-14-20-11-12-31-25(15-22-23(28)17-30-18-24(22)29)21(20)16-27(26)33-13-7-3-6-10-19-8-4-2-5-9-19;/h2,4-5,8-9,14,16-18H,3,6-7,10-13,15H2,1H3;1H. The van der Waals surface area contributed by atoms with Gasteiger partial charge >= 0.3 is 0 Å². The first-order valence-corrected chi connectivity index (χ1v) is 12.1. The van der Waals surface area contributed by atoms with Gasteiger partial charge in [0.05, 0.1) is 23.8 Å². The Morgan fingerprint density at radius 2 is 1.71 bits per heavy atom. The minimum absolute atomic E-state index is 0. The van der Waals surface area contributed by atoms with E-state index in [2.05, 4.69) is 47.4 Å². The van der Waals surface area contributed by atoms with Crippen LogP contribution in [0.2, 0.25) is 10.0 Å². The first-order chi connectivity index (χ1) is 16.2. The Bertz CT molecular complexity index is 1100. The number of halogens is 3. The van der Waals surface area contributed by atoms with Crippen LogP contribution in [-0.4, -0.2) is 31.0 Å². The number of hydrogen-bond acceptors (Lipinski definition) is 4. The average Bonchev–Trinajstić information content (AvgIpc) is 2.84. The Hall–Kier alpha value is -2.27. The number of aryl methyl sites for hydroxylation is 1. The maximum Gasteiger partial charge on any atom is 0.161 e. The predicted molar refractivity (Wildman–Crippen MR) is 143 cm³/mol. The van der Waals surface area contributed by atoms with Gasteiger partial charge in [-0.05, 0) is 60.9 Å². The van der Waals surface area contributed by atoms with Crippen LogP contribution in [0, 0.1) is 0 Å². The fraction of sp³-hybridized carbons (Fsp3) is 0.333. The number of aliphatic imine (C=N–C) groups is 1. The highest BCUT2D eigenvalue weighted by Crippen LogP contribution is 2.34. The van der Waals surface area contributed by atoms with E-state index in [4.69, 9.17) is 37.7 Å². The number of unbranched alkanes of at least 4 members (excludes halogenated alkanes) is 2. The van der Waals surface area contributed by atoms with Gasteiger partial charge in [0.1, 0.15) is 0 Å². The number of benzene rings is 2. The third-order valence-corrected chi connectivity index (χ3v) is 6.54. The minimum atomic E-state index is 0. The monoisotopic (exact) mass is 518 g/mol. The van der Waals surface area contributed by atoms with Crippen LogP contribution < -0.4 is 9.47 Å². The molecule has 0 bridgehead atoms. The predicted octanol–water partition coefficient (Wildman–Crippen LogP) is 7.20. The van der Waals surface area contributed by atoms with Crippen molar-refractivity contribution in [3.8, 4) is 11.5 Å². The molecule has 7 heteroatoms. The number of nitrogens with zero attached hydrogens (tertiary/aromatic N) is 2. The lowest BCUT2D eigenvalue weighted by Gasteiger charge is -2.21. The molecule has 0 saturated heterocycles. The minimum Gasteiger partial charge on any atom is -0.493 e. The van der Waals surface area contributed by atoms with E-state index in [0.717, 1.165) is 67.0 Å². The molecule has 4 rings (SSSR count). The number of methoxy groups -OCH3 is 1. The molecule has 3 aromatic rings. The topological polar surface area (TPSA) is 43.7 Å². The zero-order valence-corrected chi connectivity index (χ0v) is 21.6. The van der Waals surface area contributed by atoms with Gasteiger partial charge < -0.3 is 9.47 Å². The van der Waals surface area contributed by atoms with Crippen LogP contribution in [0.1, 0.15) is 41.5 Å². The van der Waals surface area contributed by atoms with Crippen LogP contribution in [0.15, 0.2) is 59.9 Å². The molecule has 1 aliphatic heterocycles. The summed E-state index contributed by atoms with van der Waals surface area (Å²) in [6.45, 7) is 1.38. The largest absolute Gasteiger partial charge is 0.493 e. The van der Waals surface area contributed by atoms with Crippen LogP contribution in [-0.2, 0) is 19.3 Å². The lowest BCUT2D eigenvalue weighted by molar-refractivity contribution is 0.285. The molecule has 0 saturated carbocycles. The van der Waals surface area contributed by atoms with Crippen molar-refractivity contribution < 1.29 is 9.47 Å². The van der Waals surface area contributed by atoms with E-state index in [1.54, 1.807) is 19.5 Å². The second-order valence-corrected chi connectivity index (χ2v) is 8.96. The highest BCUT2D eigenvalue weighted by Gasteiger charge is 2.21. The Kier molecular flexibility index (Phi) is 10.1. The van der Waals surface area contributed by atoms with Crippen LogP contribution in [0.3, 0.4) is 0 Å². The van der Waals surface area contributed by atoms with Gasteiger partial charge in [0, 0.05) is 36.6 Å². The number of aromatic nitrogens is 1. The zero-order valence-electron chi connectivity index (χ0n) is 19.2. The molecule has 34 heavy (non-hydrogen) atoms. The summed E-state index contributed by atoms with van der Waals surface area (Å²) in [7, 11) is 1.68. The Labute approximate surface area is 217 Å². The fourth-order valence-electron chi connectivity index (χ4n) is 4.11. The normalized spacial score (nSPS) is 12.4. The van der Waals surface area contributed by atoms with E-state index < -0.39 is 0 Å². The van der Waals surface area contributed by atoms with Crippen LogP contribution in [0.5, 0.6) is 11.5 Å². The first kappa shape index (κ1) is 26.3. The molecule has 1 aromatic heterocycles. The van der Waals surface area contributed by atoms with Gasteiger partial charge in [0.2, 0.25) is 0 Å². The molecule has 0 amide bonds. The summed E-state index contributed by atoms with van der Waals surface area (Å²) < 4.78 is 11.8. The molecule has 0 atom stereocenters. The second kappa shape index (κ2) is 13.0. The van der Waals surface area contributed by atoms with Crippen LogP contribution in [0.25, 0.3) is 0 Å². The summed E-state index contributed by atoms with van der Waals surface area (Å²) in [5.41, 5.74) is 5.47. The van der Waals surface area contributed by atoms with Gasteiger partial charge in [-0.25, -0.2) is 0 Å². The highest BCUT2D eigenvalue weighted by molar-refractivity contribution is 6.36.